The molecule has 2 rings (SSSR count). The van der Waals surface area contributed by atoms with Gasteiger partial charge in [0.2, 0.25) is 0 Å². The van der Waals surface area contributed by atoms with Gasteiger partial charge in [-0.2, -0.15) is 0 Å². The first-order valence-electron chi connectivity index (χ1n) is 4.32. The fourth-order valence-corrected chi connectivity index (χ4v) is 1.36. The fraction of sp³-hybridized carbons (Fsp3) is 0.0909. The highest BCUT2D eigenvalue weighted by Gasteiger charge is 2.00. The second-order valence-electron chi connectivity index (χ2n) is 2.89. The molecule has 1 aliphatic heterocycles. The third-order valence-corrected chi connectivity index (χ3v) is 2.18. The number of hydrogen-bond donors (Lipinski definition) is 0. The molecule has 1 aromatic rings. The maximum Gasteiger partial charge on any atom is 0.0741 e. The first-order chi connectivity index (χ1) is 6.90. The third-order valence-electron chi connectivity index (χ3n) is 1.90. The summed E-state index contributed by atoms with van der Waals surface area (Å²) in [6.07, 6.45) is 5.36. The Morgan fingerprint density at radius 1 is 1.21 bits per heavy atom. The van der Waals surface area contributed by atoms with Gasteiger partial charge in [0.25, 0.3) is 0 Å². The summed E-state index contributed by atoms with van der Waals surface area (Å²) in [7, 11) is 0. The van der Waals surface area contributed by atoms with E-state index in [-0.39, 0.29) is 0 Å². The van der Waals surface area contributed by atoms with E-state index >= 15 is 0 Å². The minimum atomic E-state index is 0.381. The average Bonchev–Trinajstić information content (AvgIpc) is 2.19. The Labute approximate surface area is 87.7 Å². The number of hydrogen-bond acceptors (Lipinski definition) is 2. The molecule has 0 fully saturated rings. The predicted molar refractivity (Wildman–Crippen MR) is 61.8 cm³/mol. The summed E-state index contributed by atoms with van der Waals surface area (Å²) in [6, 6.07) is 7.90. The molecule has 0 radical (unpaired) electrons. The van der Waals surface area contributed by atoms with Crippen molar-refractivity contribution in [3.63, 3.8) is 0 Å². The molecule has 0 saturated heterocycles. The molecule has 1 heterocycles. The smallest absolute Gasteiger partial charge is 0.0741 e. The highest BCUT2D eigenvalue weighted by molar-refractivity contribution is 6.44. The molecule has 0 atom stereocenters. The fourth-order valence-electron chi connectivity index (χ4n) is 1.23. The SMILES string of the molecule is ClCC1=Nc2ccccc2C=CN=C1. The van der Waals surface area contributed by atoms with Crippen LogP contribution in [0.1, 0.15) is 5.56 Å². The highest BCUT2D eigenvalue weighted by Crippen LogP contribution is 2.21. The van der Waals surface area contributed by atoms with E-state index in [1.807, 2.05) is 30.3 Å². The Hall–Kier alpha value is -1.41. The molecule has 0 aliphatic carbocycles. The van der Waals surface area contributed by atoms with Crippen LogP contribution in [0.2, 0.25) is 0 Å². The molecule has 1 aromatic carbocycles. The number of fused-ring (bicyclic) bond motifs is 1. The number of aliphatic imine (C=N–C) groups is 2. The minimum Gasteiger partial charge on any atom is -0.263 e. The largest absolute Gasteiger partial charge is 0.263 e. The summed E-state index contributed by atoms with van der Waals surface area (Å²) in [6.45, 7) is 0. The summed E-state index contributed by atoms with van der Waals surface area (Å²) in [5.74, 6) is 0.381. The van der Waals surface area contributed by atoms with E-state index in [0.717, 1.165) is 17.0 Å². The Bertz CT molecular complexity index is 419. The lowest BCUT2D eigenvalue weighted by atomic mass is 10.1. The van der Waals surface area contributed by atoms with Gasteiger partial charge in [-0.1, -0.05) is 18.2 Å². The van der Waals surface area contributed by atoms with E-state index < -0.39 is 0 Å². The van der Waals surface area contributed by atoms with E-state index in [1.54, 1.807) is 12.4 Å². The summed E-state index contributed by atoms with van der Waals surface area (Å²) >= 11 is 5.73. The van der Waals surface area contributed by atoms with Crippen LogP contribution in [0.25, 0.3) is 6.08 Å². The number of alkyl halides is 1. The molecule has 0 spiro atoms. The van der Waals surface area contributed by atoms with Crippen LogP contribution >= 0.6 is 11.6 Å². The third kappa shape index (κ3) is 1.91. The monoisotopic (exact) mass is 204 g/mol. The number of halogens is 1. The van der Waals surface area contributed by atoms with Crippen LogP contribution in [0.15, 0.2) is 40.5 Å². The van der Waals surface area contributed by atoms with Crippen molar-refractivity contribution in [1.82, 2.24) is 0 Å². The van der Waals surface area contributed by atoms with Crippen LogP contribution in [0.5, 0.6) is 0 Å². The normalized spacial score (nSPS) is 14.2. The van der Waals surface area contributed by atoms with E-state index in [2.05, 4.69) is 9.98 Å². The molecule has 0 bridgehead atoms. The van der Waals surface area contributed by atoms with Crippen molar-refractivity contribution in [2.45, 2.75) is 0 Å². The molecule has 0 saturated carbocycles. The topological polar surface area (TPSA) is 24.7 Å². The van der Waals surface area contributed by atoms with E-state index in [9.17, 15) is 0 Å². The van der Waals surface area contributed by atoms with Gasteiger partial charge in [0.1, 0.15) is 0 Å². The Kier molecular flexibility index (Phi) is 2.75. The maximum atomic E-state index is 5.73. The van der Waals surface area contributed by atoms with Crippen molar-refractivity contribution >= 4 is 35.3 Å². The highest BCUT2D eigenvalue weighted by atomic mass is 35.5. The quantitative estimate of drug-likeness (QED) is 0.629. The zero-order valence-corrected chi connectivity index (χ0v) is 8.28. The lowest BCUT2D eigenvalue weighted by molar-refractivity contribution is 1.47. The van der Waals surface area contributed by atoms with Crippen molar-refractivity contribution in [2.75, 3.05) is 5.88 Å². The van der Waals surface area contributed by atoms with E-state index in [4.69, 9.17) is 11.6 Å². The van der Waals surface area contributed by atoms with Gasteiger partial charge in [-0.15, -0.1) is 11.6 Å². The molecule has 0 N–H and O–H groups in total. The first-order valence-corrected chi connectivity index (χ1v) is 4.86. The van der Waals surface area contributed by atoms with E-state index in [0.29, 0.717) is 5.88 Å². The molecule has 0 amide bonds. The number of nitrogens with zero attached hydrogens (tertiary/aromatic N) is 2. The molecule has 3 heteroatoms. The second-order valence-corrected chi connectivity index (χ2v) is 3.16. The molecule has 0 unspecified atom stereocenters. The summed E-state index contributed by atoms with van der Waals surface area (Å²) in [5, 5.41) is 0. The Morgan fingerprint density at radius 2 is 2.07 bits per heavy atom. The lowest BCUT2D eigenvalue weighted by Gasteiger charge is -2.03. The van der Waals surface area contributed by atoms with E-state index in [1.165, 1.54) is 0 Å². The van der Waals surface area contributed by atoms with Gasteiger partial charge in [-0.3, -0.25) is 4.99 Å². The van der Waals surface area contributed by atoms with Gasteiger partial charge < -0.3 is 0 Å². The predicted octanol–water partition coefficient (Wildman–Crippen LogP) is 3.05. The molecule has 2 nitrogen and oxygen atoms in total. The first kappa shape index (κ1) is 9.16. The Balaban J connectivity index is 2.52. The Morgan fingerprint density at radius 3 is 2.93 bits per heavy atom. The van der Waals surface area contributed by atoms with Crippen LogP contribution in [-0.2, 0) is 0 Å². The standard InChI is InChI=1S/C11H9ClN2/c12-7-10-8-13-6-5-9-3-1-2-4-11(9)14-10/h1-6,8H,7H2. The summed E-state index contributed by atoms with van der Waals surface area (Å²) in [5.41, 5.74) is 2.78. The average molecular weight is 205 g/mol. The van der Waals surface area contributed by atoms with Gasteiger partial charge in [-0.05, 0) is 12.1 Å². The summed E-state index contributed by atoms with van der Waals surface area (Å²) < 4.78 is 0. The van der Waals surface area contributed by atoms with Crippen molar-refractivity contribution in [2.24, 2.45) is 9.98 Å². The van der Waals surface area contributed by atoms with Crippen molar-refractivity contribution in [1.29, 1.82) is 0 Å². The maximum absolute atomic E-state index is 5.73. The van der Waals surface area contributed by atoms with Gasteiger partial charge >= 0.3 is 0 Å². The van der Waals surface area contributed by atoms with Crippen LogP contribution in [0.4, 0.5) is 5.69 Å². The molecular formula is C11H9ClN2. The molecule has 0 aromatic heterocycles. The number of para-hydroxylation sites is 1. The number of rotatable bonds is 1. The lowest BCUT2D eigenvalue weighted by Crippen LogP contribution is -2.01. The zero-order valence-electron chi connectivity index (χ0n) is 7.52. The van der Waals surface area contributed by atoms with Crippen LogP contribution in [0, 0.1) is 0 Å². The van der Waals surface area contributed by atoms with Gasteiger partial charge in [0.15, 0.2) is 0 Å². The second kappa shape index (κ2) is 4.20. The van der Waals surface area contributed by atoms with Crippen molar-refractivity contribution in [3.05, 3.63) is 36.0 Å². The van der Waals surface area contributed by atoms with Gasteiger partial charge in [-0.25, -0.2) is 4.99 Å². The molecule has 14 heavy (non-hydrogen) atoms. The van der Waals surface area contributed by atoms with Gasteiger partial charge in [0, 0.05) is 18.0 Å². The molecular weight excluding hydrogens is 196 g/mol. The van der Waals surface area contributed by atoms with Crippen LogP contribution in [-0.4, -0.2) is 17.8 Å². The number of benzene rings is 1. The van der Waals surface area contributed by atoms with Gasteiger partial charge in [0.05, 0.1) is 17.3 Å². The van der Waals surface area contributed by atoms with Crippen LogP contribution < -0.4 is 0 Å². The van der Waals surface area contributed by atoms with Crippen LogP contribution in [0.3, 0.4) is 0 Å². The molecule has 1 aliphatic rings. The minimum absolute atomic E-state index is 0.381. The zero-order chi connectivity index (χ0) is 9.80. The molecule has 70 valence electrons. The van der Waals surface area contributed by atoms with Crippen molar-refractivity contribution in [3.8, 4) is 0 Å². The van der Waals surface area contributed by atoms with Crippen molar-refractivity contribution < 1.29 is 0 Å². The summed E-state index contributed by atoms with van der Waals surface area (Å²) in [4.78, 5) is 8.46.